The predicted molar refractivity (Wildman–Crippen MR) is 122 cm³/mol. The summed E-state index contributed by atoms with van der Waals surface area (Å²) in [5.41, 5.74) is 1.83. The maximum atomic E-state index is 13.1. The zero-order valence-electron chi connectivity index (χ0n) is 17.7. The van der Waals surface area contributed by atoms with Gasteiger partial charge in [0.1, 0.15) is 5.82 Å². The number of hydrogen-bond acceptors (Lipinski definition) is 6. The zero-order valence-corrected chi connectivity index (χ0v) is 18.5. The van der Waals surface area contributed by atoms with Crippen LogP contribution in [0.4, 0.5) is 15.8 Å². The zero-order chi connectivity index (χ0) is 23.3. The number of hydrogen-bond donors (Lipinski definition) is 3. The second-order valence-electron chi connectivity index (χ2n) is 7.05. The van der Waals surface area contributed by atoms with E-state index in [1.165, 1.54) is 31.2 Å². The van der Waals surface area contributed by atoms with Crippen molar-refractivity contribution in [3.63, 3.8) is 0 Å². The van der Waals surface area contributed by atoms with Crippen LogP contribution in [0.1, 0.15) is 25.8 Å². The van der Waals surface area contributed by atoms with Crippen molar-refractivity contribution in [1.29, 1.82) is 0 Å². The number of anilines is 2. The van der Waals surface area contributed by atoms with E-state index >= 15 is 0 Å². The number of benzene rings is 2. The number of nitrogens with zero attached hydrogens (tertiary/aromatic N) is 2. The van der Waals surface area contributed by atoms with E-state index in [4.69, 9.17) is 0 Å². The van der Waals surface area contributed by atoms with Crippen LogP contribution in [0.5, 0.6) is 0 Å². The van der Waals surface area contributed by atoms with Crippen LogP contribution >= 0.6 is 11.8 Å². The first-order valence-electron chi connectivity index (χ1n) is 9.85. The van der Waals surface area contributed by atoms with Gasteiger partial charge >= 0.3 is 0 Å². The number of aryl methyl sites for hydroxylation is 1. The molecule has 32 heavy (non-hydrogen) atoms. The normalized spacial score (nSPS) is 11.6. The van der Waals surface area contributed by atoms with E-state index in [0.717, 1.165) is 17.3 Å². The molecule has 3 N–H and O–H groups in total. The maximum absolute atomic E-state index is 13.1. The van der Waals surface area contributed by atoms with E-state index in [2.05, 4.69) is 25.8 Å². The molecule has 10 heteroatoms. The van der Waals surface area contributed by atoms with Gasteiger partial charge in [-0.2, -0.15) is 0 Å². The van der Waals surface area contributed by atoms with Crippen molar-refractivity contribution in [3.8, 4) is 11.3 Å². The molecule has 0 saturated carbocycles. The van der Waals surface area contributed by atoms with Crippen molar-refractivity contribution in [1.82, 2.24) is 15.2 Å². The highest BCUT2D eigenvalue weighted by Crippen LogP contribution is 2.27. The maximum Gasteiger partial charge on any atom is 0.278 e. The number of aromatic amines is 1. The second kappa shape index (κ2) is 10.2. The first kappa shape index (κ1) is 23.1. The molecule has 2 aromatic carbocycles. The molecule has 0 spiro atoms. The Balaban J connectivity index is 1.81. The van der Waals surface area contributed by atoms with Crippen LogP contribution < -0.4 is 16.2 Å². The Labute approximate surface area is 188 Å². The number of carbonyl (C=O) groups is 2. The highest BCUT2D eigenvalue weighted by molar-refractivity contribution is 8.00. The third-order valence-corrected chi connectivity index (χ3v) is 5.69. The number of rotatable bonds is 7. The van der Waals surface area contributed by atoms with Crippen LogP contribution in [0.2, 0.25) is 0 Å². The van der Waals surface area contributed by atoms with Gasteiger partial charge in [0, 0.05) is 18.2 Å². The number of halogens is 1. The van der Waals surface area contributed by atoms with Crippen LogP contribution in [0.25, 0.3) is 11.3 Å². The van der Waals surface area contributed by atoms with Gasteiger partial charge in [-0.3, -0.25) is 19.4 Å². The smallest absolute Gasteiger partial charge is 0.278 e. The molecule has 0 aliphatic rings. The Kier molecular flexibility index (Phi) is 7.37. The summed E-state index contributed by atoms with van der Waals surface area (Å²) in [6, 6.07) is 10.7. The highest BCUT2D eigenvalue weighted by Gasteiger charge is 2.21. The highest BCUT2D eigenvalue weighted by atomic mass is 32.2. The van der Waals surface area contributed by atoms with Gasteiger partial charge in [0.05, 0.1) is 10.9 Å². The Morgan fingerprint density at radius 2 is 1.84 bits per heavy atom. The third kappa shape index (κ3) is 5.79. The summed E-state index contributed by atoms with van der Waals surface area (Å²) in [6.07, 6.45) is 0.466. The van der Waals surface area contributed by atoms with Gasteiger partial charge in [0.25, 0.3) is 5.56 Å². The van der Waals surface area contributed by atoms with Crippen LogP contribution in [-0.4, -0.2) is 32.2 Å². The molecule has 0 radical (unpaired) electrons. The van der Waals surface area contributed by atoms with Crippen LogP contribution in [0.15, 0.2) is 52.4 Å². The number of thioether (sulfide) groups is 1. The lowest BCUT2D eigenvalue weighted by molar-refractivity contribution is -0.116. The number of H-pyrrole nitrogens is 1. The van der Waals surface area contributed by atoms with Crippen molar-refractivity contribution < 1.29 is 14.0 Å². The Hall–Kier alpha value is -3.53. The Bertz CT molecular complexity index is 1200. The van der Waals surface area contributed by atoms with Gasteiger partial charge in [-0.1, -0.05) is 30.3 Å². The number of carbonyl (C=O) groups excluding carboxylic acids is 2. The van der Waals surface area contributed by atoms with Gasteiger partial charge in [-0.05, 0) is 49.7 Å². The third-order valence-electron chi connectivity index (χ3n) is 4.45. The second-order valence-corrected chi connectivity index (χ2v) is 8.24. The van der Waals surface area contributed by atoms with Gasteiger partial charge in [0.2, 0.25) is 11.8 Å². The average Bonchev–Trinajstić information content (AvgIpc) is 2.75. The first-order chi connectivity index (χ1) is 15.3. The summed E-state index contributed by atoms with van der Waals surface area (Å²) < 4.78 is 13.1. The Morgan fingerprint density at radius 1 is 1.12 bits per heavy atom. The molecule has 0 bridgehead atoms. The van der Waals surface area contributed by atoms with Gasteiger partial charge in [-0.15, -0.1) is 10.2 Å². The first-order valence-corrected chi connectivity index (χ1v) is 10.7. The fourth-order valence-corrected chi connectivity index (χ4v) is 3.76. The fourth-order valence-electron chi connectivity index (χ4n) is 2.92. The predicted octanol–water partition coefficient (Wildman–Crippen LogP) is 3.75. The molecule has 0 saturated heterocycles. The van der Waals surface area contributed by atoms with Gasteiger partial charge < -0.3 is 10.6 Å². The molecule has 0 aliphatic heterocycles. The largest absolute Gasteiger partial charge is 0.326 e. The molecule has 1 unspecified atom stereocenters. The van der Waals surface area contributed by atoms with Crippen molar-refractivity contribution >= 4 is 35.0 Å². The standard InChI is InChI=1S/C22H22FN5O3S/c1-4-18(20(30)25-15-8-6-14(23)7-9-15)32-22-26-21(31)19(27-28-22)16-11-12(2)5-10-17(16)24-13(3)29/h5-11,18H,4H2,1-3H3,(H,24,29)(H,25,30)(H,26,28,31). The lowest BCUT2D eigenvalue weighted by atomic mass is 10.1. The molecular formula is C22H22FN5O3S. The average molecular weight is 456 g/mol. The van der Waals surface area contributed by atoms with E-state index in [9.17, 15) is 18.8 Å². The summed E-state index contributed by atoms with van der Waals surface area (Å²) >= 11 is 1.07. The van der Waals surface area contributed by atoms with Crippen LogP contribution in [-0.2, 0) is 9.59 Å². The minimum atomic E-state index is -0.551. The molecule has 1 aromatic heterocycles. The van der Waals surface area contributed by atoms with E-state index < -0.39 is 16.6 Å². The van der Waals surface area contributed by atoms with E-state index in [-0.39, 0.29) is 22.7 Å². The van der Waals surface area contributed by atoms with Gasteiger partial charge in [0.15, 0.2) is 10.9 Å². The van der Waals surface area contributed by atoms with E-state index in [1.54, 1.807) is 12.1 Å². The molecule has 1 heterocycles. The summed E-state index contributed by atoms with van der Waals surface area (Å²) in [5.74, 6) is -0.972. The fraction of sp³-hybridized carbons (Fsp3) is 0.227. The number of amides is 2. The van der Waals surface area contributed by atoms with Crippen molar-refractivity contribution in [2.45, 2.75) is 37.6 Å². The van der Waals surface area contributed by atoms with Crippen molar-refractivity contribution in [3.05, 3.63) is 64.2 Å². The summed E-state index contributed by atoms with van der Waals surface area (Å²) in [5, 5.41) is 13.2. The van der Waals surface area contributed by atoms with Crippen molar-refractivity contribution in [2.24, 2.45) is 0 Å². The molecular weight excluding hydrogens is 433 g/mol. The summed E-state index contributed by atoms with van der Waals surface area (Å²) in [4.78, 5) is 39.5. The molecule has 3 aromatic rings. The Morgan fingerprint density at radius 3 is 2.47 bits per heavy atom. The molecule has 3 rings (SSSR count). The number of nitrogens with one attached hydrogen (secondary N) is 3. The monoisotopic (exact) mass is 455 g/mol. The van der Waals surface area contributed by atoms with E-state index in [1.807, 2.05) is 19.9 Å². The summed E-state index contributed by atoms with van der Waals surface area (Å²) in [7, 11) is 0. The van der Waals surface area contributed by atoms with Crippen molar-refractivity contribution in [2.75, 3.05) is 10.6 Å². The SMILES string of the molecule is CCC(Sc1nnc(-c2cc(C)ccc2NC(C)=O)c(=O)[nH]1)C(=O)Nc1ccc(F)cc1. The minimum absolute atomic E-state index is 0.0608. The van der Waals surface area contributed by atoms with Crippen LogP contribution in [0.3, 0.4) is 0 Å². The molecule has 8 nitrogen and oxygen atoms in total. The number of aromatic nitrogens is 3. The lowest BCUT2D eigenvalue weighted by Crippen LogP contribution is -2.25. The van der Waals surface area contributed by atoms with E-state index in [0.29, 0.717) is 23.4 Å². The molecule has 0 aliphatic carbocycles. The van der Waals surface area contributed by atoms with Gasteiger partial charge in [-0.25, -0.2) is 4.39 Å². The molecule has 2 amide bonds. The summed E-state index contributed by atoms with van der Waals surface area (Å²) in [6.45, 7) is 5.06. The molecule has 166 valence electrons. The molecule has 1 atom stereocenters. The minimum Gasteiger partial charge on any atom is -0.326 e. The molecule has 0 fully saturated rings. The van der Waals surface area contributed by atoms with Crippen LogP contribution in [0, 0.1) is 12.7 Å². The quantitative estimate of drug-likeness (QED) is 0.467. The lowest BCUT2D eigenvalue weighted by Gasteiger charge is -2.14. The topological polar surface area (TPSA) is 117 Å².